The topological polar surface area (TPSA) is 72.5 Å². The van der Waals surface area contributed by atoms with Crippen molar-refractivity contribution in [3.63, 3.8) is 0 Å². The fourth-order valence-corrected chi connectivity index (χ4v) is 4.87. The van der Waals surface area contributed by atoms with Crippen LogP contribution < -0.4 is 5.32 Å². The third kappa shape index (κ3) is 4.54. The predicted octanol–water partition coefficient (Wildman–Crippen LogP) is 2.48. The minimum Gasteiger partial charge on any atom is -0.376 e. The lowest BCUT2D eigenvalue weighted by Gasteiger charge is -2.28. The molecule has 0 aliphatic heterocycles. The molecule has 1 fully saturated rings. The van der Waals surface area contributed by atoms with Gasteiger partial charge in [-0.25, -0.2) is 8.42 Å². The van der Waals surface area contributed by atoms with E-state index in [0.717, 1.165) is 24.0 Å². The van der Waals surface area contributed by atoms with Gasteiger partial charge in [0.15, 0.2) is 9.84 Å². The van der Waals surface area contributed by atoms with E-state index in [4.69, 9.17) is 4.74 Å². The molecule has 0 radical (unpaired) electrons. The van der Waals surface area contributed by atoms with Crippen LogP contribution in [-0.4, -0.2) is 39.8 Å². The highest BCUT2D eigenvalue weighted by Gasteiger charge is 2.22. The molecule has 1 aromatic heterocycles. The molecule has 1 saturated carbocycles. The number of carbonyl (C=O) groups is 1. The zero-order chi connectivity index (χ0) is 16.2. The second kappa shape index (κ2) is 7.57. The van der Waals surface area contributed by atoms with Gasteiger partial charge in [0.05, 0.1) is 17.6 Å². The SMILES string of the molecule is C[C@H]1CCCC[C@H]1OCCNC(=O)c1sccc1S(C)(=O)=O. The van der Waals surface area contributed by atoms with E-state index >= 15 is 0 Å². The van der Waals surface area contributed by atoms with Gasteiger partial charge in [-0.05, 0) is 30.2 Å². The minimum atomic E-state index is -3.37. The summed E-state index contributed by atoms with van der Waals surface area (Å²) in [7, 11) is -3.37. The summed E-state index contributed by atoms with van der Waals surface area (Å²) in [6.45, 7) is 3.05. The predicted molar refractivity (Wildman–Crippen MR) is 87.1 cm³/mol. The Morgan fingerprint density at radius 3 is 2.82 bits per heavy atom. The molecular weight excluding hydrogens is 322 g/mol. The van der Waals surface area contributed by atoms with Crippen molar-refractivity contribution in [3.05, 3.63) is 16.3 Å². The molecule has 1 aliphatic rings. The first-order chi connectivity index (χ1) is 10.4. The molecule has 1 amide bonds. The molecule has 1 heterocycles. The molecule has 1 aliphatic carbocycles. The molecule has 0 saturated heterocycles. The molecule has 0 bridgehead atoms. The van der Waals surface area contributed by atoms with Crippen LogP contribution in [0.3, 0.4) is 0 Å². The van der Waals surface area contributed by atoms with Gasteiger partial charge in [-0.15, -0.1) is 11.3 Å². The van der Waals surface area contributed by atoms with E-state index in [1.165, 1.54) is 25.3 Å². The Labute approximate surface area is 136 Å². The van der Waals surface area contributed by atoms with E-state index in [1.807, 2.05) is 0 Å². The van der Waals surface area contributed by atoms with Crippen molar-refractivity contribution in [2.45, 2.75) is 43.6 Å². The smallest absolute Gasteiger partial charge is 0.262 e. The Balaban J connectivity index is 1.80. The summed E-state index contributed by atoms with van der Waals surface area (Å²) in [4.78, 5) is 12.4. The van der Waals surface area contributed by atoms with E-state index in [0.29, 0.717) is 19.1 Å². The van der Waals surface area contributed by atoms with Crippen LogP contribution in [0, 0.1) is 5.92 Å². The van der Waals surface area contributed by atoms with Crippen LogP contribution in [0.25, 0.3) is 0 Å². The van der Waals surface area contributed by atoms with E-state index in [9.17, 15) is 13.2 Å². The monoisotopic (exact) mass is 345 g/mol. The number of hydrogen-bond acceptors (Lipinski definition) is 5. The number of nitrogens with one attached hydrogen (secondary N) is 1. The zero-order valence-electron chi connectivity index (χ0n) is 13.0. The Hall–Kier alpha value is -0.920. The molecule has 7 heteroatoms. The van der Waals surface area contributed by atoms with Gasteiger partial charge in [-0.1, -0.05) is 19.8 Å². The van der Waals surface area contributed by atoms with E-state index in [2.05, 4.69) is 12.2 Å². The lowest BCUT2D eigenvalue weighted by Crippen LogP contribution is -2.32. The van der Waals surface area contributed by atoms with Crippen LogP contribution in [0.5, 0.6) is 0 Å². The van der Waals surface area contributed by atoms with Gasteiger partial charge < -0.3 is 10.1 Å². The van der Waals surface area contributed by atoms with Gasteiger partial charge in [-0.2, -0.15) is 0 Å². The number of hydrogen-bond donors (Lipinski definition) is 1. The van der Waals surface area contributed by atoms with Crippen LogP contribution in [0.1, 0.15) is 42.3 Å². The average molecular weight is 345 g/mol. The van der Waals surface area contributed by atoms with Crippen LogP contribution in [0.15, 0.2) is 16.3 Å². The first-order valence-electron chi connectivity index (χ1n) is 7.57. The third-order valence-corrected chi connectivity index (χ3v) is 6.17. The summed E-state index contributed by atoms with van der Waals surface area (Å²) >= 11 is 1.14. The van der Waals surface area contributed by atoms with Gasteiger partial charge in [-0.3, -0.25) is 4.79 Å². The summed E-state index contributed by atoms with van der Waals surface area (Å²) < 4.78 is 29.0. The van der Waals surface area contributed by atoms with Crippen molar-refractivity contribution < 1.29 is 17.9 Å². The fourth-order valence-electron chi connectivity index (χ4n) is 2.74. The first kappa shape index (κ1) is 17.4. The van der Waals surface area contributed by atoms with Gasteiger partial charge in [0.25, 0.3) is 5.91 Å². The van der Waals surface area contributed by atoms with Crippen LogP contribution in [-0.2, 0) is 14.6 Å². The van der Waals surface area contributed by atoms with Crippen LogP contribution in [0.2, 0.25) is 0 Å². The molecule has 1 N–H and O–H groups in total. The Morgan fingerprint density at radius 2 is 2.14 bits per heavy atom. The maximum absolute atomic E-state index is 12.1. The average Bonchev–Trinajstić information content (AvgIpc) is 2.94. The lowest BCUT2D eigenvalue weighted by atomic mass is 9.88. The number of sulfone groups is 1. The Morgan fingerprint density at radius 1 is 1.41 bits per heavy atom. The van der Waals surface area contributed by atoms with E-state index < -0.39 is 9.84 Å². The molecule has 1 aromatic rings. The van der Waals surface area contributed by atoms with E-state index in [-0.39, 0.29) is 21.8 Å². The standard InChI is InChI=1S/C15H23NO4S2/c1-11-5-3-4-6-12(11)20-9-8-16-15(17)14-13(7-10-21-14)22(2,18)19/h7,10-12H,3-6,8-9H2,1-2H3,(H,16,17)/t11-,12+/m0/s1. The summed E-state index contributed by atoms with van der Waals surface area (Å²) in [6, 6.07) is 1.47. The molecule has 0 unspecified atom stereocenters. The molecular formula is C15H23NO4S2. The summed E-state index contributed by atoms with van der Waals surface area (Å²) in [6.07, 6.45) is 6.14. The largest absolute Gasteiger partial charge is 0.376 e. The van der Waals surface area contributed by atoms with Crippen molar-refractivity contribution in [2.75, 3.05) is 19.4 Å². The quantitative estimate of drug-likeness (QED) is 0.804. The fraction of sp³-hybridized carbons (Fsp3) is 0.667. The third-order valence-electron chi connectivity index (χ3n) is 3.99. The molecule has 0 spiro atoms. The number of carbonyl (C=O) groups excluding carboxylic acids is 1. The summed E-state index contributed by atoms with van der Waals surface area (Å²) in [5.41, 5.74) is 0. The Kier molecular flexibility index (Phi) is 6.00. The normalized spacial score (nSPS) is 22.5. The number of amides is 1. The van der Waals surface area contributed by atoms with Crippen molar-refractivity contribution in [1.29, 1.82) is 0 Å². The Bertz CT molecular complexity index is 609. The highest BCUT2D eigenvalue weighted by atomic mass is 32.2. The van der Waals surface area contributed by atoms with Crippen molar-refractivity contribution in [2.24, 2.45) is 5.92 Å². The second-order valence-electron chi connectivity index (χ2n) is 5.81. The summed E-state index contributed by atoms with van der Waals surface area (Å²) in [5.74, 6) is 0.217. The van der Waals surface area contributed by atoms with Gasteiger partial charge in [0.1, 0.15) is 4.88 Å². The second-order valence-corrected chi connectivity index (χ2v) is 8.71. The highest BCUT2D eigenvalue weighted by molar-refractivity contribution is 7.91. The number of thiophene rings is 1. The molecule has 124 valence electrons. The molecule has 22 heavy (non-hydrogen) atoms. The zero-order valence-corrected chi connectivity index (χ0v) is 14.6. The van der Waals surface area contributed by atoms with Gasteiger partial charge >= 0.3 is 0 Å². The lowest BCUT2D eigenvalue weighted by molar-refractivity contribution is -0.00293. The first-order valence-corrected chi connectivity index (χ1v) is 10.3. The molecule has 0 aromatic carbocycles. The maximum Gasteiger partial charge on any atom is 0.262 e. The van der Waals surface area contributed by atoms with Crippen LogP contribution in [0.4, 0.5) is 0 Å². The summed E-state index contributed by atoms with van der Waals surface area (Å²) in [5, 5.41) is 4.35. The van der Waals surface area contributed by atoms with E-state index in [1.54, 1.807) is 5.38 Å². The van der Waals surface area contributed by atoms with Gasteiger partial charge in [0.2, 0.25) is 0 Å². The number of ether oxygens (including phenoxy) is 1. The van der Waals surface area contributed by atoms with Crippen molar-refractivity contribution in [3.8, 4) is 0 Å². The van der Waals surface area contributed by atoms with Crippen molar-refractivity contribution in [1.82, 2.24) is 5.32 Å². The van der Waals surface area contributed by atoms with Crippen LogP contribution >= 0.6 is 11.3 Å². The molecule has 2 atom stereocenters. The number of rotatable bonds is 6. The minimum absolute atomic E-state index is 0.0943. The maximum atomic E-state index is 12.1. The molecule has 2 rings (SSSR count). The molecule has 5 nitrogen and oxygen atoms in total. The van der Waals surface area contributed by atoms with Crippen molar-refractivity contribution >= 4 is 27.1 Å². The highest BCUT2D eigenvalue weighted by Crippen LogP contribution is 2.26. The van der Waals surface area contributed by atoms with Gasteiger partial charge in [0, 0.05) is 12.8 Å².